The number of fused-ring (bicyclic) bond motifs is 12. The van der Waals surface area contributed by atoms with Crippen molar-refractivity contribution in [2.45, 2.75) is 19.3 Å². The molecule has 1 aliphatic carbocycles. The Balaban J connectivity index is 1.20. The quantitative estimate of drug-likeness (QED) is 0.172. The zero-order chi connectivity index (χ0) is 33.1. The average Bonchev–Trinajstić information content (AvgIpc) is 3.65. The Hall–Kier alpha value is -6.18. The molecule has 50 heavy (non-hydrogen) atoms. The van der Waals surface area contributed by atoms with Crippen LogP contribution in [0.25, 0.3) is 98.4 Å². The normalized spacial score (nSPS) is 13.6. The molecule has 0 saturated heterocycles. The van der Waals surface area contributed by atoms with Gasteiger partial charge in [-0.2, -0.15) is 0 Å². The van der Waals surface area contributed by atoms with Crippen LogP contribution in [0.3, 0.4) is 0 Å². The molecular weight excluding hydrogens is 605 g/mol. The summed E-state index contributed by atoms with van der Waals surface area (Å²) < 4.78 is 6.41. The standard InChI is InChI=1S/C49H32O/c1-49(2)41-23-20-31(27-39(41)47-33-13-5-3-11-29(33)19-24-42(47)49)45-35-15-7-9-17-37(35)46(38-18-10-8-16-36(38)45)32-22-25-43-40(28-32)48-34-14-6-4-12-30(34)21-26-44(48)50-43/h3-28H,1-2H3. The van der Waals surface area contributed by atoms with Crippen LogP contribution in [0.1, 0.15) is 25.0 Å². The summed E-state index contributed by atoms with van der Waals surface area (Å²) in [4.78, 5) is 0. The Labute approximate surface area is 290 Å². The monoisotopic (exact) mass is 636 g/mol. The van der Waals surface area contributed by atoms with Crippen LogP contribution in [-0.4, -0.2) is 0 Å². The van der Waals surface area contributed by atoms with Gasteiger partial charge in [-0.1, -0.05) is 147 Å². The molecule has 0 spiro atoms. The van der Waals surface area contributed by atoms with E-state index in [9.17, 15) is 0 Å². The Morgan fingerprint density at radius 2 is 0.880 bits per heavy atom. The predicted octanol–water partition coefficient (Wildman–Crippen LogP) is 13.8. The second-order valence-electron chi connectivity index (χ2n) is 14.4. The fraction of sp³-hybridized carbons (Fsp3) is 0.0612. The Morgan fingerprint density at radius 1 is 0.380 bits per heavy atom. The van der Waals surface area contributed by atoms with Crippen molar-refractivity contribution in [1.29, 1.82) is 0 Å². The van der Waals surface area contributed by atoms with E-state index >= 15 is 0 Å². The van der Waals surface area contributed by atoms with E-state index in [1.54, 1.807) is 0 Å². The number of benzene rings is 9. The van der Waals surface area contributed by atoms with E-state index in [1.165, 1.54) is 93.0 Å². The number of hydrogen-bond acceptors (Lipinski definition) is 1. The van der Waals surface area contributed by atoms with Crippen LogP contribution in [0, 0.1) is 0 Å². The lowest BCUT2D eigenvalue weighted by Gasteiger charge is -2.22. The first kappa shape index (κ1) is 27.7. The topological polar surface area (TPSA) is 13.1 Å². The SMILES string of the molecule is CC1(C)c2ccc(-c3c4ccccc4c(-c4ccc5oc6ccc7ccccc7c6c5c4)c4ccccc34)cc2-c2c1ccc1ccccc21. The van der Waals surface area contributed by atoms with Crippen molar-refractivity contribution in [3.8, 4) is 33.4 Å². The second-order valence-corrected chi connectivity index (χ2v) is 14.4. The van der Waals surface area contributed by atoms with Gasteiger partial charge in [0.25, 0.3) is 0 Å². The molecule has 0 radical (unpaired) electrons. The van der Waals surface area contributed by atoms with Gasteiger partial charge in [-0.15, -0.1) is 0 Å². The minimum Gasteiger partial charge on any atom is -0.456 e. The summed E-state index contributed by atoms with van der Waals surface area (Å²) in [6.07, 6.45) is 0. The zero-order valence-electron chi connectivity index (χ0n) is 27.9. The molecule has 0 unspecified atom stereocenters. The van der Waals surface area contributed by atoms with Crippen molar-refractivity contribution in [1.82, 2.24) is 0 Å². The van der Waals surface area contributed by atoms with Gasteiger partial charge in [0.1, 0.15) is 11.2 Å². The number of furan rings is 1. The maximum Gasteiger partial charge on any atom is 0.136 e. The van der Waals surface area contributed by atoms with Gasteiger partial charge >= 0.3 is 0 Å². The molecule has 1 aliphatic rings. The summed E-state index contributed by atoms with van der Waals surface area (Å²) in [5.74, 6) is 0. The lowest BCUT2D eigenvalue weighted by Crippen LogP contribution is -2.14. The van der Waals surface area contributed by atoms with Crippen molar-refractivity contribution in [2.24, 2.45) is 0 Å². The van der Waals surface area contributed by atoms with Crippen LogP contribution >= 0.6 is 0 Å². The van der Waals surface area contributed by atoms with Crippen LogP contribution in [0.5, 0.6) is 0 Å². The van der Waals surface area contributed by atoms with Gasteiger partial charge in [0.05, 0.1) is 0 Å². The van der Waals surface area contributed by atoms with Crippen LogP contribution in [0.15, 0.2) is 162 Å². The lowest BCUT2D eigenvalue weighted by molar-refractivity contribution is 0.661. The molecule has 1 aromatic heterocycles. The summed E-state index contributed by atoms with van der Waals surface area (Å²) in [5, 5.41) is 12.4. The minimum atomic E-state index is -0.0670. The fourth-order valence-electron chi connectivity index (χ4n) is 9.13. The highest BCUT2D eigenvalue weighted by molar-refractivity contribution is 6.24. The van der Waals surface area contributed by atoms with E-state index < -0.39 is 0 Å². The summed E-state index contributed by atoms with van der Waals surface area (Å²) in [6, 6.07) is 58.2. The third-order valence-electron chi connectivity index (χ3n) is 11.4. The first-order valence-corrected chi connectivity index (χ1v) is 17.5. The van der Waals surface area contributed by atoms with E-state index in [0.717, 1.165) is 16.6 Å². The largest absolute Gasteiger partial charge is 0.456 e. The fourth-order valence-corrected chi connectivity index (χ4v) is 9.13. The first-order chi connectivity index (χ1) is 24.6. The van der Waals surface area contributed by atoms with Crippen LogP contribution < -0.4 is 0 Å². The van der Waals surface area contributed by atoms with Gasteiger partial charge < -0.3 is 4.42 Å². The van der Waals surface area contributed by atoms with Crippen molar-refractivity contribution >= 4 is 65.0 Å². The molecule has 0 amide bonds. The third-order valence-corrected chi connectivity index (χ3v) is 11.4. The maximum absolute atomic E-state index is 6.41. The van der Waals surface area contributed by atoms with Gasteiger partial charge in [0.15, 0.2) is 0 Å². The third kappa shape index (κ3) is 3.67. The summed E-state index contributed by atoms with van der Waals surface area (Å²) in [7, 11) is 0. The molecule has 0 saturated carbocycles. The van der Waals surface area contributed by atoms with Crippen molar-refractivity contribution in [3.63, 3.8) is 0 Å². The molecule has 234 valence electrons. The Bertz CT molecular complexity index is 3010. The molecule has 0 aliphatic heterocycles. The van der Waals surface area contributed by atoms with Crippen LogP contribution in [0.4, 0.5) is 0 Å². The Kier molecular flexibility index (Phi) is 5.51. The van der Waals surface area contributed by atoms with Gasteiger partial charge in [-0.05, 0) is 112 Å². The number of hydrogen-bond donors (Lipinski definition) is 0. The molecule has 0 fully saturated rings. The van der Waals surface area contributed by atoms with Crippen molar-refractivity contribution in [3.05, 3.63) is 169 Å². The van der Waals surface area contributed by atoms with Gasteiger partial charge in [-0.3, -0.25) is 0 Å². The summed E-state index contributed by atoms with van der Waals surface area (Å²) >= 11 is 0. The molecule has 1 heteroatoms. The average molecular weight is 637 g/mol. The minimum absolute atomic E-state index is 0.0670. The molecule has 0 bridgehead atoms. The highest BCUT2D eigenvalue weighted by Gasteiger charge is 2.36. The number of rotatable bonds is 2. The molecule has 1 nitrogen and oxygen atoms in total. The maximum atomic E-state index is 6.41. The van der Waals surface area contributed by atoms with Gasteiger partial charge in [0.2, 0.25) is 0 Å². The van der Waals surface area contributed by atoms with E-state index in [1.807, 2.05) is 0 Å². The molecule has 0 atom stereocenters. The summed E-state index contributed by atoms with van der Waals surface area (Å²) in [5.41, 5.74) is 12.3. The smallest absolute Gasteiger partial charge is 0.136 e. The molecular formula is C49H32O. The molecule has 0 N–H and O–H groups in total. The summed E-state index contributed by atoms with van der Waals surface area (Å²) in [6.45, 7) is 4.74. The molecule has 11 rings (SSSR count). The Morgan fingerprint density at radius 3 is 1.56 bits per heavy atom. The van der Waals surface area contributed by atoms with Gasteiger partial charge in [-0.25, -0.2) is 0 Å². The molecule has 10 aromatic rings. The van der Waals surface area contributed by atoms with Gasteiger partial charge in [0, 0.05) is 16.2 Å². The van der Waals surface area contributed by atoms with Crippen molar-refractivity contribution < 1.29 is 4.42 Å². The molecule has 9 aromatic carbocycles. The predicted molar refractivity (Wildman–Crippen MR) is 212 cm³/mol. The highest BCUT2D eigenvalue weighted by Crippen LogP contribution is 2.53. The van der Waals surface area contributed by atoms with Crippen LogP contribution in [-0.2, 0) is 5.41 Å². The zero-order valence-corrected chi connectivity index (χ0v) is 27.9. The van der Waals surface area contributed by atoms with E-state index in [0.29, 0.717) is 0 Å². The highest BCUT2D eigenvalue weighted by atomic mass is 16.3. The van der Waals surface area contributed by atoms with E-state index in [-0.39, 0.29) is 5.41 Å². The lowest BCUT2D eigenvalue weighted by atomic mass is 9.81. The van der Waals surface area contributed by atoms with Crippen molar-refractivity contribution in [2.75, 3.05) is 0 Å². The molecule has 1 heterocycles. The van der Waals surface area contributed by atoms with E-state index in [2.05, 4.69) is 172 Å². The second kappa shape index (κ2) is 9.94. The van der Waals surface area contributed by atoms with E-state index in [4.69, 9.17) is 4.42 Å². The first-order valence-electron chi connectivity index (χ1n) is 17.5. The van der Waals surface area contributed by atoms with Crippen LogP contribution in [0.2, 0.25) is 0 Å².